The third kappa shape index (κ3) is 5.24. The van der Waals surface area contributed by atoms with Gasteiger partial charge in [0.2, 0.25) is 0 Å². The lowest BCUT2D eigenvalue weighted by atomic mass is 9.96. The number of urea groups is 1. The molecular formula is C17H26N2O. The molecule has 3 heteroatoms. The molecule has 1 fully saturated rings. The Bertz CT molecular complexity index is 408. The standard InChI is InChI=1S/C17H26N2O/c1-14-9-11-15(12-10-14)6-5-13-18-17(20)19-16-7-3-2-4-8-16/h9-12,16H,2-8,13H2,1H3,(H2,18,19,20). The Balaban J connectivity index is 1.58. The number of amides is 2. The normalized spacial score (nSPS) is 15.8. The lowest BCUT2D eigenvalue weighted by Crippen LogP contribution is -2.43. The fourth-order valence-electron chi connectivity index (χ4n) is 2.73. The highest BCUT2D eigenvalue weighted by Gasteiger charge is 2.14. The predicted molar refractivity (Wildman–Crippen MR) is 82.9 cm³/mol. The molecule has 3 nitrogen and oxygen atoms in total. The average Bonchev–Trinajstić information content (AvgIpc) is 2.46. The molecule has 0 heterocycles. The van der Waals surface area contributed by atoms with Crippen molar-refractivity contribution in [3.05, 3.63) is 35.4 Å². The number of hydrogen-bond donors (Lipinski definition) is 2. The van der Waals surface area contributed by atoms with Crippen molar-refractivity contribution in [2.45, 2.75) is 57.9 Å². The Labute approximate surface area is 122 Å². The van der Waals surface area contributed by atoms with Gasteiger partial charge >= 0.3 is 6.03 Å². The first-order valence-corrected chi connectivity index (χ1v) is 7.84. The molecule has 0 unspecified atom stereocenters. The summed E-state index contributed by atoms with van der Waals surface area (Å²) in [6.07, 6.45) is 8.09. The van der Waals surface area contributed by atoms with E-state index in [2.05, 4.69) is 41.8 Å². The Morgan fingerprint density at radius 1 is 1.15 bits per heavy atom. The summed E-state index contributed by atoms with van der Waals surface area (Å²) in [5.41, 5.74) is 2.63. The SMILES string of the molecule is Cc1ccc(CCCNC(=O)NC2CCCCC2)cc1. The van der Waals surface area contributed by atoms with Crippen LogP contribution in [0, 0.1) is 6.92 Å². The summed E-state index contributed by atoms with van der Waals surface area (Å²) in [4.78, 5) is 11.7. The molecule has 1 aromatic rings. The van der Waals surface area contributed by atoms with Crippen molar-refractivity contribution in [2.24, 2.45) is 0 Å². The predicted octanol–water partition coefficient (Wildman–Crippen LogP) is 3.56. The van der Waals surface area contributed by atoms with Gasteiger partial charge in [-0.3, -0.25) is 0 Å². The van der Waals surface area contributed by atoms with Crippen molar-refractivity contribution >= 4 is 6.03 Å². The molecule has 2 amide bonds. The Morgan fingerprint density at radius 3 is 2.55 bits per heavy atom. The number of nitrogens with one attached hydrogen (secondary N) is 2. The quantitative estimate of drug-likeness (QED) is 0.792. The van der Waals surface area contributed by atoms with Gasteiger partial charge in [-0.05, 0) is 38.2 Å². The number of carbonyl (C=O) groups is 1. The maximum atomic E-state index is 11.7. The highest BCUT2D eigenvalue weighted by molar-refractivity contribution is 5.74. The van der Waals surface area contributed by atoms with Gasteiger partial charge in [0.15, 0.2) is 0 Å². The molecule has 2 N–H and O–H groups in total. The highest BCUT2D eigenvalue weighted by atomic mass is 16.2. The molecule has 0 aromatic heterocycles. The molecule has 1 aromatic carbocycles. The number of hydrogen-bond acceptors (Lipinski definition) is 1. The van der Waals surface area contributed by atoms with Gasteiger partial charge in [-0.2, -0.15) is 0 Å². The topological polar surface area (TPSA) is 41.1 Å². The van der Waals surface area contributed by atoms with Gasteiger partial charge in [-0.15, -0.1) is 0 Å². The van der Waals surface area contributed by atoms with Gasteiger partial charge in [-0.25, -0.2) is 4.79 Å². The molecule has 1 aliphatic rings. The number of carbonyl (C=O) groups excluding carboxylic acids is 1. The number of aryl methyl sites for hydroxylation is 2. The van der Waals surface area contributed by atoms with Crippen LogP contribution in [-0.4, -0.2) is 18.6 Å². The van der Waals surface area contributed by atoms with Crippen LogP contribution in [0.4, 0.5) is 4.79 Å². The summed E-state index contributed by atoms with van der Waals surface area (Å²) < 4.78 is 0. The van der Waals surface area contributed by atoms with Crippen LogP contribution in [0.5, 0.6) is 0 Å². The summed E-state index contributed by atoms with van der Waals surface area (Å²) >= 11 is 0. The third-order valence-electron chi connectivity index (χ3n) is 3.99. The molecule has 0 radical (unpaired) electrons. The molecule has 1 aliphatic carbocycles. The first-order chi connectivity index (χ1) is 9.74. The smallest absolute Gasteiger partial charge is 0.315 e. The van der Waals surface area contributed by atoms with Gasteiger partial charge in [-0.1, -0.05) is 49.1 Å². The van der Waals surface area contributed by atoms with Crippen LogP contribution in [0.2, 0.25) is 0 Å². The van der Waals surface area contributed by atoms with Crippen molar-refractivity contribution in [1.82, 2.24) is 10.6 Å². The van der Waals surface area contributed by atoms with Gasteiger partial charge in [0.05, 0.1) is 0 Å². The summed E-state index contributed by atoms with van der Waals surface area (Å²) in [7, 11) is 0. The monoisotopic (exact) mass is 274 g/mol. The lowest BCUT2D eigenvalue weighted by Gasteiger charge is -2.22. The second kappa shape index (κ2) is 7.93. The molecule has 0 saturated heterocycles. The molecule has 110 valence electrons. The molecule has 0 aliphatic heterocycles. The van der Waals surface area contributed by atoms with Crippen molar-refractivity contribution in [1.29, 1.82) is 0 Å². The largest absolute Gasteiger partial charge is 0.338 e. The van der Waals surface area contributed by atoms with Crippen LogP contribution < -0.4 is 10.6 Å². The summed E-state index contributed by atoms with van der Waals surface area (Å²) in [5, 5.41) is 6.04. The third-order valence-corrected chi connectivity index (χ3v) is 3.99. The summed E-state index contributed by atoms with van der Waals surface area (Å²) in [6.45, 7) is 2.84. The molecule has 0 bridgehead atoms. The fraction of sp³-hybridized carbons (Fsp3) is 0.588. The van der Waals surface area contributed by atoms with Crippen molar-refractivity contribution in [3.63, 3.8) is 0 Å². The van der Waals surface area contributed by atoms with Crippen LogP contribution in [0.15, 0.2) is 24.3 Å². The molecule has 20 heavy (non-hydrogen) atoms. The second-order valence-corrected chi connectivity index (χ2v) is 5.82. The van der Waals surface area contributed by atoms with E-state index in [0.717, 1.165) is 32.2 Å². The Morgan fingerprint density at radius 2 is 1.85 bits per heavy atom. The van der Waals surface area contributed by atoms with E-state index in [9.17, 15) is 4.79 Å². The van der Waals surface area contributed by atoms with Gasteiger partial charge in [0.25, 0.3) is 0 Å². The van der Waals surface area contributed by atoms with E-state index < -0.39 is 0 Å². The lowest BCUT2D eigenvalue weighted by molar-refractivity contribution is 0.232. The minimum atomic E-state index is 0.000746. The molecule has 0 spiro atoms. The zero-order valence-corrected chi connectivity index (χ0v) is 12.5. The first kappa shape index (κ1) is 14.9. The van der Waals surface area contributed by atoms with E-state index >= 15 is 0 Å². The summed E-state index contributed by atoms with van der Waals surface area (Å²) in [5.74, 6) is 0. The molecule has 2 rings (SSSR count). The van der Waals surface area contributed by atoms with E-state index in [1.165, 1.54) is 30.4 Å². The van der Waals surface area contributed by atoms with Crippen LogP contribution in [0.1, 0.15) is 49.7 Å². The summed E-state index contributed by atoms with van der Waals surface area (Å²) in [6, 6.07) is 8.99. The van der Waals surface area contributed by atoms with E-state index in [-0.39, 0.29) is 6.03 Å². The molecule has 0 atom stereocenters. The Hall–Kier alpha value is -1.51. The van der Waals surface area contributed by atoms with Crippen molar-refractivity contribution in [2.75, 3.05) is 6.54 Å². The average molecular weight is 274 g/mol. The fourth-order valence-corrected chi connectivity index (χ4v) is 2.73. The maximum absolute atomic E-state index is 11.7. The minimum Gasteiger partial charge on any atom is -0.338 e. The maximum Gasteiger partial charge on any atom is 0.315 e. The number of rotatable bonds is 5. The minimum absolute atomic E-state index is 0.000746. The molecular weight excluding hydrogens is 248 g/mol. The highest BCUT2D eigenvalue weighted by Crippen LogP contribution is 2.17. The first-order valence-electron chi connectivity index (χ1n) is 7.84. The van der Waals surface area contributed by atoms with E-state index in [1.54, 1.807) is 0 Å². The van der Waals surface area contributed by atoms with E-state index in [4.69, 9.17) is 0 Å². The van der Waals surface area contributed by atoms with Crippen LogP contribution in [-0.2, 0) is 6.42 Å². The zero-order valence-electron chi connectivity index (χ0n) is 12.5. The van der Waals surface area contributed by atoms with Crippen LogP contribution >= 0.6 is 0 Å². The number of benzene rings is 1. The second-order valence-electron chi connectivity index (χ2n) is 5.82. The zero-order chi connectivity index (χ0) is 14.2. The van der Waals surface area contributed by atoms with Gasteiger partial charge in [0.1, 0.15) is 0 Å². The van der Waals surface area contributed by atoms with Crippen molar-refractivity contribution in [3.8, 4) is 0 Å². The van der Waals surface area contributed by atoms with Gasteiger partial charge < -0.3 is 10.6 Å². The van der Waals surface area contributed by atoms with Crippen LogP contribution in [0.25, 0.3) is 0 Å². The van der Waals surface area contributed by atoms with Gasteiger partial charge in [0, 0.05) is 12.6 Å². The molecule has 1 saturated carbocycles. The van der Waals surface area contributed by atoms with E-state index in [1.807, 2.05) is 0 Å². The van der Waals surface area contributed by atoms with Crippen molar-refractivity contribution < 1.29 is 4.79 Å². The van der Waals surface area contributed by atoms with E-state index in [0.29, 0.717) is 6.04 Å². The van der Waals surface area contributed by atoms with Crippen LogP contribution in [0.3, 0.4) is 0 Å². The Kier molecular flexibility index (Phi) is 5.90.